The maximum Gasteiger partial charge on any atom is 0.139 e. The molecule has 0 atom stereocenters. The van der Waals surface area contributed by atoms with E-state index in [1.165, 1.54) is 5.56 Å². The van der Waals surface area contributed by atoms with Crippen LogP contribution in [0.5, 0.6) is 0 Å². The number of rotatable bonds is 3. The minimum Gasteiger partial charge on any atom is -0.308 e. The number of hydrogen-bond donors (Lipinski definition) is 1. The highest BCUT2D eigenvalue weighted by molar-refractivity contribution is 8.11. The number of nitrogens with zero attached hydrogens (tertiary/aromatic N) is 2. The Hall–Kier alpha value is -1.39. The van der Waals surface area contributed by atoms with Gasteiger partial charge in [-0.25, -0.2) is 4.98 Å². The zero-order valence-corrected chi connectivity index (χ0v) is 11.8. The molecule has 0 bridgehead atoms. The van der Waals surface area contributed by atoms with Crippen LogP contribution in [0.15, 0.2) is 48.7 Å². The molecule has 0 aliphatic carbocycles. The van der Waals surface area contributed by atoms with Crippen LogP contribution in [-0.4, -0.2) is 9.30 Å². The first kappa shape index (κ1) is 13.1. The fourth-order valence-corrected chi connectivity index (χ4v) is 1.96. The average Bonchev–Trinajstić information content (AvgIpc) is 2.38. The van der Waals surface area contributed by atoms with Gasteiger partial charge >= 0.3 is 0 Å². The smallest absolute Gasteiger partial charge is 0.139 e. The molecular weight excluding hydrogens is 260 g/mol. The molecule has 0 aliphatic heterocycles. The van der Waals surface area contributed by atoms with E-state index in [2.05, 4.69) is 29.7 Å². The molecule has 0 spiro atoms. The lowest BCUT2D eigenvalue weighted by Crippen LogP contribution is -2.25. The Balaban J connectivity index is 2.24. The largest absolute Gasteiger partial charge is 0.308 e. The van der Waals surface area contributed by atoms with E-state index in [0.29, 0.717) is 10.9 Å². The highest BCUT2D eigenvalue weighted by Crippen LogP contribution is 2.17. The first-order chi connectivity index (χ1) is 8.66. The van der Waals surface area contributed by atoms with Crippen molar-refractivity contribution in [2.24, 2.45) is 0 Å². The highest BCUT2D eigenvalue weighted by Gasteiger charge is 2.10. The predicted octanol–water partition coefficient (Wildman–Crippen LogP) is 3.61. The van der Waals surface area contributed by atoms with Crippen LogP contribution in [0.2, 0.25) is 0 Å². The Labute approximate surface area is 118 Å². The number of anilines is 1. The Morgan fingerprint density at radius 1 is 1.22 bits per heavy atom. The van der Waals surface area contributed by atoms with Crippen molar-refractivity contribution in [3.05, 3.63) is 59.8 Å². The summed E-state index contributed by atoms with van der Waals surface area (Å²) in [6.07, 6.45) is 1.83. The summed E-state index contributed by atoms with van der Waals surface area (Å²) in [5, 5.41) is 0. The molecule has 0 fully saturated rings. The van der Waals surface area contributed by atoms with E-state index >= 15 is 0 Å². The number of aryl methyl sites for hydroxylation is 1. The molecule has 18 heavy (non-hydrogen) atoms. The summed E-state index contributed by atoms with van der Waals surface area (Å²) < 4.78 is 0.523. The van der Waals surface area contributed by atoms with Crippen LogP contribution in [-0.2, 0) is 6.54 Å². The van der Waals surface area contributed by atoms with Gasteiger partial charge in [0.15, 0.2) is 0 Å². The maximum absolute atomic E-state index is 5.18. The maximum atomic E-state index is 5.18. The number of hydrogen-bond acceptors (Lipinski definition) is 2. The second-order valence-electron chi connectivity index (χ2n) is 4.05. The zero-order valence-electron chi connectivity index (χ0n) is 10.1. The van der Waals surface area contributed by atoms with Crippen LogP contribution >= 0.6 is 24.8 Å². The molecule has 4 heteroatoms. The van der Waals surface area contributed by atoms with Crippen molar-refractivity contribution in [3.8, 4) is 0 Å². The SMILES string of the molecule is Cc1ccc(N(Cc2ccccc2)C(=S)S)nc1. The fraction of sp³-hybridized carbons (Fsp3) is 0.143. The second-order valence-corrected chi connectivity index (χ2v) is 5.16. The van der Waals surface area contributed by atoms with Gasteiger partial charge in [0.05, 0.1) is 6.54 Å². The van der Waals surface area contributed by atoms with Gasteiger partial charge in [0.2, 0.25) is 0 Å². The number of pyridine rings is 1. The van der Waals surface area contributed by atoms with Gasteiger partial charge in [-0.3, -0.25) is 0 Å². The number of aromatic nitrogens is 1. The normalized spacial score (nSPS) is 10.1. The third-order valence-electron chi connectivity index (χ3n) is 2.59. The predicted molar refractivity (Wildman–Crippen MR) is 83.2 cm³/mol. The van der Waals surface area contributed by atoms with Crippen LogP contribution in [0.3, 0.4) is 0 Å². The third kappa shape index (κ3) is 3.31. The third-order valence-corrected chi connectivity index (χ3v) is 3.05. The molecule has 0 saturated heterocycles. The average molecular weight is 274 g/mol. The van der Waals surface area contributed by atoms with E-state index in [9.17, 15) is 0 Å². The molecule has 0 unspecified atom stereocenters. The van der Waals surface area contributed by atoms with Gasteiger partial charge < -0.3 is 4.90 Å². The Morgan fingerprint density at radius 3 is 2.50 bits per heavy atom. The second kappa shape index (κ2) is 5.98. The van der Waals surface area contributed by atoms with Crippen molar-refractivity contribution in [1.29, 1.82) is 0 Å². The molecule has 0 amide bonds. The monoisotopic (exact) mass is 274 g/mol. The van der Waals surface area contributed by atoms with Crippen molar-refractivity contribution < 1.29 is 0 Å². The minimum atomic E-state index is 0.523. The van der Waals surface area contributed by atoms with Crippen molar-refractivity contribution in [2.45, 2.75) is 13.5 Å². The topological polar surface area (TPSA) is 16.1 Å². The molecule has 1 aromatic heterocycles. The van der Waals surface area contributed by atoms with Crippen LogP contribution < -0.4 is 4.90 Å². The standard InChI is InChI=1S/C14H14N2S2/c1-11-7-8-13(15-9-11)16(14(17)18)10-12-5-3-2-4-6-12/h2-9H,10H2,1H3,(H,17,18). The van der Waals surface area contributed by atoms with E-state index < -0.39 is 0 Å². The van der Waals surface area contributed by atoms with Gasteiger partial charge in [-0.15, -0.1) is 12.6 Å². The summed E-state index contributed by atoms with van der Waals surface area (Å²) in [6, 6.07) is 14.1. The molecule has 92 valence electrons. The van der Waals surface area contributed by atoms with Crippen molar-refractivity contribution in [3.63, 3.8) is 0 Å². The fourth-order valence-electron chi connectivity index (χ4n) is 1.63. The summed E-state index contributed by atoms with van der Waals surface area (Å²) in [6.45, 7) is 2.69. The van der Waals surface area contributed by atoms with Gasteiger partial charge in [0.25, 0.3) is 0 Å². The summed E-state index contributed by atoms with van der Waals surface area (Å²) in [5.41, 5.74) is 2.31. The molecule has 1 heterocycles. The molecule has 2 aromatic rings. The minimum absolute atomic E-state index is 0.523. The van der Waals surface area contributed by atoms with E-state index in [4.69, 9.17) is 12.2 Å². The lowest BCUT2D eigenvalue weighted by Gasteiger charge is -2.21. The molecule has 2 rings (SSSR count). The van der Waals surface area contributed by atoms with E-state index in [1.54, 1.807) is 0 Å². The first-order valence-electron chi connectivity index (χ1n) is 5.64. The molecule has 0 N–H and O–H groups in total. The van der Waals surface area contributed by atoms with E-state index in [0.717, 1.165) is 11.4 Å². The van der Waals surface area contributed by atoms with Gasteiger partial charge in [-0.05, 0) is 24.1 Å². The molecule has 2 nitrogen and oxygen atoms in total. The zero-order chi connectivity index (χ0) is 13.0. The van der Waals surface area contributed by atoms with Gasteiger partial charge in [0, 0.05) is 6.20 Å². The number of thiol groups is 1. The Kier molecular flexibility index (Phi) is 4.33. The molecule has 0 radical (unpaired) electrons. The summed E-state index contributed by atoms with van der Waals surface area (Å²) in [4.78, 5) is 6.30. The molecular formula is C14H14N2S2. The molecule has 0 aliphatic rings. The lowest BCUT2D eigenvalue weighted by molar-refractivity contribution is 0.991. The summed E-state index contributed by atoms with van der Waals surface area (Å²) >= 11 is 9.46. The number of benzene rings is 1. The van der Waals surface area contributed by atoms with Crippen LogP contribution in [0.4, 0.5) is 5.82 Å². The molecule has 1 aromatic carbocycles. The van der Waals surface area contributed by atoms with Crippen molar-refractivity contribution in [1.82, 2.24) is 4.98 Å². The Bertz CT molecular complexity index is 523. The molecule has 0 saturated carbocycles. The lowest BCUT2D eigenvalue weighted by atomic mass is 10.2. The van der Waals surface area contributed by atoms with Crippen molar-refractivity contribution >= 4 is 35.0 Å². The van der Waals surface area contributed by atoms with E-state index in [1.807, 2.05) is 48.4 Å². The van der Waals surface area contributed by atoms with Gasteiger partial charge in [0.1, 0.15) is 10.1 Å². The summed E-state index contributed by atoms with van der Waals surface area (Å²) in [7, 11) is 0. The van der Waals surface area contributed by atoms with E-state index in [-0.39, 0.29) is 0 Å². The van der Waals surface area contributed by atoms with Gasteiger partial charge in [-0.2, -0.15) is 0 Å². The van der Waals surface area contributed by atoms with Crippen LogP contribution in [0.25, 0.3) is 0 Å². The number of thiocarbonyl (C=S) groups is 1. The highest BCUT2D eigenvalue weighted by atomic mass is 32.1. The first-order valence-corrected chi connectivity index (χ1v) is 6.49. The summed E-state index contributed by atoms with van der Waals surface area (Å²) in [5.74, 6) is 0.824. The van der Waals surface area contributed by atoms with Crippen molar-refractivity contribution in [2.75, 3.05) is 4.90 Å². The Morgan fingerprint density at radius 2 is 1.94 bits per heavy atom. The van der Waals surface area contributed by atoms with Crippen LogP contribution in [0, 0.1) is 6.92 Å². The quantitative estimate of drug-likeness (QED) is 0.680. The van der Waals surface area contributed by atoms with Gasteiger partial charge in [-0.1, -0.05) is 48.6 Å². The van der Waals surface area contributed by atoms with Crippen LogP contribution in [0.1, 0.15) is 11.1 Å².